The van der Waals surface area contributed by atoms with E-state index in [1.165, 1.54) is 22.9 Å². The standard InChI is InChI=1S/C12H9BrF3N3O/c1-19-6-9(13)18-10(11(19)20)17-8-4-2-7(3-5-8)12(14,15)16/h2-6H,1H3,(H,17,18). The summed E-state index contributed by atoms with van der Waals surface area (Å²) in [6.07, 6.45) is -2.90. The molecule has 0 aliphatic rings. The minimum Gasteiger partial charge on any atom is -0.336 e. The molecule has 0 saturated heterocycles. The average molecular weight is 348 g/mol. The smallest absolute Gasteiger partial charge is 0.336 e. The third kappa shape index (κ3) is 3.19. The molecule has 0 aliphatic carbocycles. The molecule has 0 atom stereocenters. The number of anilines is 2. The molecule has 0 aliphatic heterocycles. The van der Waals surface area contributed by atoms with E-state index in [0.717, 1.165) is 12.1 Å². The van der Waals surface area contributed by atoms with Crippen molar-refractivity contribution in [2.75, 3.05) is 5.32 Å². The van der Waals surface area contributed by atoms with Gasteiger partial charge in [-0.1, -0.05) is 0 Å². The van der Waals surface area contributed by atoms with Gasteiger partial charge in [-0.2, -0.15) is 13.2 Å². The zero-order valence-electron chi connectivity index (χ0n) is 10.2. The van der Waals surface area contributed by atoms with Gasteiger partial charge in [0.05, 0.1) is 5.56 Å². The minimum atomic E-state index is -4.39. The van der Waals surface area contributed by atoms with Crippen LogP contribution < -0.4 is 10.9 Å². The van der Waals surface area contributed by atoms with E-state index in [4.69, 9.17) is 0 Å². The molecule has 0 bridgehead atoms. The molecule has 1 heterocycles. The lowest BCUT2D eigenvalue weighted by Crippen LogP contribution is -2.21. The first-order valence-electron chi connectivity index (χ1n) is 5.45. The van der Waals surface area contributed by atoms with Crippen LogP contribution in [0.2, 0.25) is 0 Å². The van der Waals surface area contributed by atoms with Crippen LogP contribution in [-0.2, 0) is 13.2 Å². The second-order valence-corrected chi connectivity index (χ2v) is 4.84. The first-order chi connectivity index (χ1) is 9.27. The van der Waals surface area contributed by atoms with Crippen molar-refractivity contribution < 1.29 is 13.2 Å². The Bertz CT molecular complexity index is 680. The van der Waals surface area contributed by atoms with Crippen molar-refractivity contribution >= 4 is 27.4 Å². The quantitative estimate of drug-likeness (QED) is 0.906. The number of aryl methyl sites for hydroxylation is 1. The highest BCUT2D eigenvalue weighted by atomic mass is 79.9. The Balaban J connectivity index is 2.29. The number of hydrogen-bond donors (Lipinski definition) is 1. The second-order valence-electron chi connectivity index (χ2n) is 4.03. The van der Waals surface area contributed by atoms with Crippen LogP contribution in [0.1, 0.15) is 5.56 Å². The molecule has 1 aromatic carbocycles. The highest BCUT2D eigenvalue weighted by Gasteiger charge is 2.29. The highest BCUT2D eigenvalue weighted by molar-refractivity contribution is 9.10. The Morgan fingerprint density at radius 1 is 1.25 bits per heavy atom. The summed E-state index contributed by atoms with van der Waals surface area (Å²) in [7, 11) is 1.55. The van der Waals surface area contributed by atoms with E-state index >= 15 is 0 Å². The van der Waals surface area contributed by atoms with Crippen LogP contribution >= 0.6 is 15.9 Å². The maximum Gasteiger partial charge on any atom is 0.416 e. The summed E-state index contributed by atoms with van der Waals surface area (Å²) in [5.74, 6) is 0.0293. The number of nitrogens with zero attached hydrogens (tertiary/aromatic N) is 2. The Labute approximate surface area is 120 Å². The molecule has 20 heavy (non-hydrogen) atoms. The molecule has 0 unspecified atom stereocenters. The van der Waals surface area contributed by atoms with Crippen LogP contribution in [0.4, 0.5) is 24.7 Å². The molecule has 0 spiro atoms. The van der Waals surface area contributed by atoms with Gasteiger partial charge in [0.1, 0.15) is 4.60 Å². The summed E-state index contributed by atoms with van der Waals surface area (Å²) < 4.78 is 39.0. The van der Waals surface area contributed by atoms with Gasteiger partial charge in [-0.15, -0.1) is 0 Å². The van der Waals surface area contributed by atoms with E-state index in [0.29, 0.717) is 10.3 Å². The summed E-state index contributed by atoms with van der Waals surface area (Å²) in [6.45, 7) is 0. The van der Waals surface area contributed by atoms with Crippen molar-refractivity contribution in [3.63, 3.8) is 0 Å². The molecule has 0 fully saturated rings. The molecule has 0 radical (unpaired) electrons. The largest absolute Gasteiger partial charge is 0.416 e. The molecule has 2 rings (SSSR count). The molecule has 1 N–H and O–H groups in total. The molecule has 8 heteroatoms. The maximum absolute atomic E-state index is 12.4. The van der Waals surface area contributed by atoms with Crippen LogP contribution in [0, 0.1) is 0 Å². The van der Waals surface area contributed by atoms with E-state index in [1.54, 1.807) is 7.05 Å². The Kier molecular flexibility index (Phi) is 3.85. The van der Waals surface area contributed by atoms with Crippen LogP contribution in [-0.4, -0.2) is 9.55 Å². The predicted octanol–water partition coefficient (Wildman–Crippen LogP) is 3.31. The van der Waals surface area contributed by atoms with E-state index in [2.05, 4.69) is 26.2 Å². The van der Waals surface area contributed by atoms with Gasteiger partial charge in [-0.25, -0.2) is 4.98 Å². The zero-order valence-corrected chi connectivity index (χ0v) is 11.8. The summed E-state index contributed by atoms with van der Waals surface area (Å²) in [6, 6.07) is 4.35. The Morgan fingerprint density at radius 3 is 2.40 bits per heavy atom. The van der Waals surface area contributed by atoms with Crippen LogP contribution in [0.3, 0.4) is 0 Å². The maximum atomic E-state index is 12.4. The topological polar surface area (TPSA) is 46.9 Å². The summed E-state index contributed by atoms with van der Waals surface area (Å²) >= 11 is 3.14. The number of rotatable bonds is 2. The van der Waals surface area contributed by atoms with Gasteiger partial charge in [-0.05, 0) is 40.2 Å². The fraction of sp³-hybridized carbons (Fsp3) is 0.167. The van der Waals surface area contributed by atoms with Crippen molar-refractivity contribution in [3.8, 4) is 0 Å². The van der Waals surface area contributed by atoms with Gasteiger partial charge in [-0.3, -0.25) is 4.79 Å². The van der Waals surface area contributed by atoms with Crippen LogP contribution in [0.25, 0.3) is 0 Å². The number of aromatic nitrogens is 2. The number of benzene rings is 1. The summed E-state index contributed by atoms with van der Waals surface area (Å²) in [5.41, 5.74) is -0.785. The number of halogens is 4. The Morgan fingerprint density at radius 2 is 1.85 bits per heavy atom. The normalized spacial score (nSPS) is 11.4. The second kappa shape index (κ2) is 5.28. The Hall–Kier alpha value is -1.83. The molecule has 1 aromatic heterocycles. The van der Waals surface area contributed by atoms with Gasteiger partial charge in [0.15, 0.2) is 5.82 Å². The SMILES string of the molecule is Cn1cc(Br)nc(Nc2ccc(C(F)(F)F)cc2)c1=O. The van der Waals surface area contributed by atoms with Crippen molar-refractivity contribution in [2.24, 2.45) is 7.05 Å². The van der Waals surface area contributed by atoms with E-state index in [-0.39, 0.29) is 11.4 Å². The monoisotopic (exact) mass is 347 g/mol. The lowest BCUT2D eigenvalue weighted by Gasteiger charge is -2.09. The van der Waals surface area contributed by atoms with Gasteiger partial charge in [0.2, 0.25) is 0 Å². The van der Waals surface area contributed by atoms with E-state index < -0.39 is 11.7 Å². The lowest BCUT2D eigenvalue weighted by atomic mass is 10.2. The molecule has 0 saturated carbocycles. The van der Waals surface area contributed by atoms with Crippen molar-refractivity contribution in [3.05, 3.63) is 51.0 Å². The van der Waals surface area contributed by atoms with Gasteiger partial charge < -0.3 is 9.88 Å². The van der Waals surface area contributed by atoms with Crippen molar-refractivity contribution in [2.45, 2.75) is 6.18 Å². The highest BCUT2D eigenvalue weighted by Crippen LogP contribution is 2.30. The molecule has 0 amide bonds. The number of alkyl halides is 3. The number of hydrogen-bond acceptors (Lipinski definition) is 3. The third-order valence-corrected chi connectivity index (χ3v) is 2.90. The predicted molar refractivity (Wildman–Crippen MR) is 71.9 cm³/mol. The molecule has 106 valence electrons. The zero-order chi connectivity index (χ0) is 14.9. The van der Waals surface area contributed by atoms with Crippen LogP contribution in [0.15, 0.2) is 39.9 Å². The minimum absolute atomic E-state index is 0.0293. The van der Waals surface area contributed by atoms with E-state index in [1.807, 2.05) is 0 Å². The summed E-state index contributed by atoms with van der Waals surface area (Å²) in [5, 5.41) is 2.69. The van der Waals surface area contributed by atoms with E-state index in [9.17, 15) is 18.0 Å². The fourth-order valence-corrected chi connectivity index (χ4v) is 2.01. The third-order valence-electron chi connectivity index (χ3n) is 2.52. The number of nitrogens with one attached hydrogen (secondary N) is 1. The first-order valence-corrected chi connectivity index (χ1v) is 6.24. The molecular formula is C12H9BrF3N3O. The molecule has 4 nitrogen and oxygen atoms in total. The van der Waals surface area contributed by atoms with Crippen molar-refractivity contribution in [1.29, 1.82) is 0 Å². The summed E-state index contributed by atoms with van der Waals surface area (Å²) in [4.78, 5) is 15.7. The van der Waals surface area contributed by atoms with Gasteiger partial charge >= 0.3 is 6.18 Å². The molecule has 2 aromatic rings. The van der Waals surface area contributed by atoms with Gasteiger partial charge in [0, 0.05) is 18.9 Å². The lowest BCUT2D eigenvalue weighted by molar-refractivity contribution is -0.137. The average Bonchev–Trinajstić information content (AvgIpc) is 2.35. The fourth-order valence-electron chi connectivity index (χ4n) is 1.53. The molecular weight excluding hydrogens is 339 g/mol. The van der Waals surface area contributed by atoms with Crippen LogP contribution in [0.5, 0.6) is 0 Å². The van der Waals surface area contributed by atoms with Crippen molar-refractivity contribution in [1.82, 2.24) is 9.55 Å². The van der Waals surface area contributed by atoms with Gasteiger partial charge in [0.25, 0.3) is 5.56 Å². The first kappa shape index (κ1) is 14.6.